The predicted octanol–water partition coefficient (Wildman–Crippen LogP) is 3.29. The molecule has 0 bridgehead atoms. The average molecular weight is 352 g/mol. The number of rotatable bonds is 3. The predicted molar refractivity (Wildman–Crippen MR) is 91.8 cm³/mol. The second-order valence-electron chi connectivity index (χ2n) is 6.23. The smallest absolute Gasteiger partial charge is 0.255 e. The molecule has 0 radical (unpaired) electrons. The van der Waals surface area contributed by atoms with E-state index in [4.69, 9.17) is 4.42 Å². The van der Waals surface area contributed by atoms with Gasteiger partial charge in [-0.3, -0.25) is 9.78 Å². The van der Waals surface area contributed by atoms with Gasteiger partial charge in [-0.25, -0.2) is 4.39 Å². The molecule has 0 N–H and O–H groups in total. The molecule has 0 aliphatic carbocycles. The highest BCUT2D eigenvalue weighted by molar-refractivity contribution is 5.93. The van der Waals surface area contributed by atoms with E-state index in [9.17, 15) is 9.18 Å². The summed E-state index contributed by atoms with van der Waals surface area (Å²) in [6.45, 7) is 1.21. The molecular weight excluding hydrogens is 335 g/mol. The molecule has 1 fully saturated rings. The zero-order valence-corrected chi connectivity index (χ0v) is 14.0. The molecule has 0 saturated carbocycles. The number of hydrogen-bond donors (Lipinski definition) is 0. The highest BCUT2D eigenvalue weighted by Gasteiger charge is 2.28. The SMILES string of the molecule is O=C(c1cccnc1)N1CCC(c2nnc(-c3ccccc3F)o2)CC1. The van der Waals surface area contributed by atoms with E-state index in [0.717, 1.165) is 12.8 Å². The number of nitrogens with zero attached hydrogens (tertiary/aromatic N) is 4. The van der Waals surface area contributed by atoms with Crippen LogP contribution in [0.3, 0.4) is 0 Å². The first kappa shape index (κ1) is 16.4. The second-order valence-corrected chi connectivity index (χ2v) is 6.23. The maximum atomic E-state index is 13.9. The fourth-order valence-electron chi connectivity index (χ4n) is 3.14. The number of carbonyl (C=O) groups is 1. The minimum atomic E-state index is -0.389. The Bertz CT molecular complexity index is 905. The average Bonchev–Trinajstić information content (AvgIpc) is 3.18. The molecule has 1 saturated heterocycles. The number of benzene rings is 1. The van der Waals surface area contributed by atoms with Gasteiger partial charge in [0.2, 0.25) is 5.89 Å². The van der Waals surface area contributed by atoms with E-state index in [1.807, 2.05) is 4.90 Å². The molecule has 6 nitrogen and oxygen atoms in total. The van der Waals surface area contributed by atoms with Crippen molar-refractivity contribution in [1.29, 1.82) is 0 Å². The van der Waals surface area contributed by atoms with E-state index < -0.39 is 0 Å². The monoisotopic (exact) mass is 352 g/mol. The highest BCUT2D eigenvalue weighted by atomic mass is 19.1. The first-order valence-electron chi connectivity index (χ1n) is 8.50. The van der Waals surface area contributed by atoms with Crippen LogP contribution in [0.2, 0.25) is 0 Å². The minimum Gasteiger partial charge on any atom is -0.420 e. The molecular formula is C19H17FN4O2. The number of likely N-dealkylation sites (tertiary alicyclic amines) is 1. The van der Waals surface area contributed by atoms with Crippen LogP contribution in [-0.2, 0) is 0 Å². The van der Waals surface area contributed by atoms with Gasteiger partial charge in [-0.15, -0.1) is 10.2 Å². The summed E-state index contributed by atoms with van der Waals surface area (Å²) in [7, 11) is 0. The Morgan fingerprint density at radius 3 is 2.65 bits per heavy atom. The summed E-state index contributed by atoms with van der Waals surface area (Å²) in [6.07, 6.45) is 4.68. The van der Waals surface area contributed by atoms with Crippen LogP contribution in [-0.4, -0.2) is 39.1 Å². The van der Waals surface area contributed by atoms with Gasteiger partial charge in [0.05, 0.1) is 11.1 Å². The largest absolute Gasteiger partial charge is 0.420 e. The van der Waals surface area contributed by atoms with Crippen molar-refractivity contribution in [2.45, 2.75) is 18.8 Å². The standard InChI is InChI=1S/C19H17FN4O2/c20-16-6-2-1-5-15(16)18-23-22-17(26-18)13-7-10-24(11-8-13)19(25)14-4-3-9-21-12-14/h1-6,9,12-13H,7-8,10-11H2. The lowest BCUT2D eigenvalue weighted by atomic mass is 9.96. The third-order valence-electron chi connectivity index (χ3n) is 4.58. The third-order valence-corrected chi connectivity index (χ3v) is 4.58. The fourth-order valence-corrected chi connectivity index (χ4v) is 3.14. The van der Waals surface area contributed by atoms with Crippen LogP contribution >= 0.6 is 0 Å². The molecule has 1 amide bonds. The lowest BCUT2D eigenvalue weighted by Crippen LogP contribution is -2.38. The maximum absolute atomic E-state index is 13.9. The van der Waals surface area contributed by atoms with Gasteiger partial charge in [-0.2, -0.15) is 0 Å². The molecule has 132 valence electrons. The Morgan fingerprint density at radius 2 is 1.92 bits per heavy atom. The Hall–Kier alpha value is -3.09. The Kier molecular flexibility index (Phi) is 4.43. The molecule has 2 aromatic heterocycles. The van der Waals surface area contributed by atoms with E-state index in [-0.39, 0.29) is 23.5 Å². The van der Waals surface area contributed by atoms with Crippen molar-refractivity contribution in [3.63, 3.8) is 0 Å². The van der Waals surface area contributed by atoms with Crippen molar-refractivity contribution in [1.82, 2.24) is 20.1 Å². The van der Waals surface area contributed by atoms with Gasteiger partial charge >= 0.3 is 0 Å². The van der Waals surface area contributed by atoms with Crippen LogP contribution in [0.5, 0.6) is 0 Å². The van der Waals surface area contributed by atoms with Crippen LogP contribution in [0, 0.1) is 5.82 Å². The van der Waals surface area contributed by atoms with Crippen molar-refractivity contribution in [3.05, 3.63) is 66.1 Å². The van der Waals surface area contributed by atoms with Crippen molar-refractivity contribution in [2.75, 3.05) is 13.1 Å². The quantitative estimate of drug-likeness (QED) is 0.723. The summed E-state index contributed by atoms with van der Waals surface area (Å²) < 4.78 is 19.5. The maximum Gasteiger partial charge on any atom is 0.255 e. The minimum absolute atomic E-state index is 0.0193. The van der Waals surface area contributed by atoms with Crippen molar-refractivity contribution in [2.24, 2.45) is 0 Å². The van der Waals surface area contributed by atoms with Gasteiger partial charge in [0.1, 0.15) is 5.82 Å². The van der Waals surface area contributed by atoms with E-state index in [1.165, 1.54) is 6.07 Å². The molecule has 1 aromatic carbocycles. The van der Waals surface area contributed by atoms with E-state index in [0.29, 0.717) is 30.1 Å². The topological polar surface area (TPSA) is 72.1 Å². The van der Waals surface area contributed by atoms with Gasteiger partial charge in [0, 0.05) is 31.4 Å². The van der Waals surface area contributed by atoms with E-state index >= 15 is 0 Å². The molecule has 0 spiro atoms. The van der Waals surface area contributed by atoms with Gasteiger partial charge in [0.25, 0.3) is 11.8 Å². The number of amides is 1. The van der Waals surface area contributed by atoms with Gasteiger partial charge < -0.3 is 9.32 Å². The molecule has 4 rings (SSSR count). The summed E-state index contributed by atoms with van der Waals surface area (Å²) in [5.74, 6) is 0.346. The summed E-state index contributed by atoms with van der Waals surface area (Å²) in [6, 6.07) is 9.84. The molecule has 26 heavy (non-hydrogen) atoms. The van der Waals surface area contributed by atoms with Crippen LogP contribution in [0.15, 0.2) is 53.2 Å². The fraction of sp³-hybridized carbons (Fsp3) is 0.263. The highest BCUT2D eigenvalue weighted by Crippen LogP contribution is 2.30. The lowest BCUT2D eigenvalue weighted by molar-refractivity contribution is 0.0706. The molecule has 7 heteroatoms. The van der Waals surface area contributed by atoms with E-state index in [2.05, 4.69) is 15.2 Å². The van der Waals surface area contributed by atoms with Gasteiger partial charge in [-0.05, 0) is 37.1 Å². The summed E-state index contributed by atoms with van der Waals surface area (Å²) in [5, 5.41) is 8.07. The number of carbonyl (C=O) groups excluding carboxylic acids is 1. The van der Waals surface area contributed by atoms with Gasteiger partial charge in [0.15, 0.2) is 0 Å². The Labute approximate surface area is 149 Å². The Morgan fingerprint density at radius 1 is 1.12 bits per heavy atom. The zero-order valence-electron chi connectivity index (χ0n) is 14.0. The first-order chi connectivity index (χ1) is 12.7. The molecule has 1 aliphatic rings. The van der Waals surface area contributed by atoms with Gasteiger partial charge in [-0.1, -0.05) is 12.1 Å². The van der Waals surface area contributed by atoms with Crippen LogP contribution in [0.1, 0.15) is 35.0 Å². The number of hydrogen-bond acceptors (Lipinski definition) is 5. The van der Waals surface area contributed by atoms with Crippen molar-refractivity contribution >= 4 is 5.91 Å². The van der Waals surface area contributed by atoms with Crippen molar-refractivity contribution in [3.8, 4) is 11.5 Å². The number of pyridine rings is 1. The molecule has 0 atom stereocenters. The molecule has 1 aliphatic heterocycles. The normalized spacial score (nSPS) is 15.2. The second kappa shape index (κ2) is 7.03. The number of aromatic nitrogens is 3. The summed E-state index contributed by atoms with van der Waals surface area (Å²) >= 11 is 0. The van der Waals surface area contributed by atoms with E-state index in [1.54, 1.807) is 42.7 Å². The van der Waals surface area contributed by atoms with Crippen LogP contribution in [0.4, 0.5) is 4.39 Å². The lowest BCUT2D eigenvalue weighted by Gasteiger charge is -2.30. The zero-order chi connectivity index (χ0) is 17.9. The number of halogens is 1. The Balaban J connectivity index is 1.43. The first-order valence-corrected chi connectivity index (χ1v) is 8.50. The summed E-state index contributed by atoms with van der Waals surface area (Å²) in [4.78, 5) is 18.3. The van der Waals surface area contributed by atoms with Crippen molar-refractivity contribution < 1.29 is 13.6 Å². The molecule has 3 aromatic rings. The van der Waals surface area contributed by atoms with Crippen LogP contribution < -0.4 is 0 Å². The third kappa shape index (κ3) is 3.20. The van der Waals surface area contributed by atoms with Crippen LogP contribution in [0.25, 0.3) is 11.5 Å². The molecule has 3 heterocycles. The number of piperidine rings is 1. The summed E-state index contributed by atoms with van der Waals surface area (Å²) in [5.41, 5.74) is 0.890. The molecule has 0 unspecified atom stereocenters.